The van der Waals surface area contributed by atoms with Crippen LogP contribution in [0.3, 0.4) is 0 Å². The lowest BCUT2D eigenvalue weighted by Crippen LogP contribution is -2.53. The van der Waals surface area contributed by atoms with Gasteiger partial charge in [0.15, 0.2) is 5.75 Å². The van der Waals surface area contributed by atoms with Crippen molar-refractivity contribution in [2.75, 3.05) is 33.1 Å². The van der Waals surface area contributed by atoms with Gasteiger partial charge >= 0.3 is 6.03 Å². The first-order valence-corrected chi connectivity index (χ1v) is 9.35. The van der Waals surface area contributed by atoms with Crippen molar-refractivity contribution in [2.45, 2.75) is 13.0 Å². The molecule has 2 aliphatic heterocycles. The van der Waals surface area contributed by atoms with Gasteiger partial charge in [0, 0.05) is 19.2 Å². The lowest BCUT2D eigenvalue weighted by Gasteiger charge is -2.35. The van der Waals surface area contributed by atoms with E-state index in [1.54, 1.807) is 17.9 Å². The summed E-state index contributed by atoms with van der Waals surface area (Å²) in [5, 5.41) is 3.09. The molecule has 0 saturated carbocycles. The number of nitrogens with zero attached hydrogens (tertiary/aromatic N) is 5. The third kappa shape index (κ3) is 3.62. The van der Waals surface area contributed by atoms with E-state index in [0.29, 0.717) is 34.5 Å². The number of hydrogen-bond donors (Lipinski definition) is 1. The second-order valence-electron chi connectivity index (χ2n) is 6.96. The van der Waals surface area contributed by atoms with Crippen molar-refractivity contribution < 1.29 is 23.0 Å². The quantitative estimate of drug-likeness (QED) is 0.802. The number of methoxy groups -OCH3 is 2. The second-order valence-corrected chi connectivity index (χ2v) is 6.96. The summed E-state index contributed by atoms with van der Waals surface area (Å²) in [5.74, 6) is -0.222. The number of aromatic nitrogens is 1. The molecule has 0 aliphatic carbocycles. The number of ether oxygens (including phenoxy) is 2. The van der Waals surface area contributed by atoms with E-state index in [0.717, 1.165) is 6.07 Å². The van der Waals surface area contributed by atoms with E-state index in [1.807, 2.05) is 0 Å². The number of aryl methyl sites for hydroxylation is 1. The van der Waals surface area contributed by atoms with Crippen LogP contribution in [-0.2, 0) is 0 Å². The van der Waals surface area contributed by atoms with Crippen LogP contribution in [0.15, 0.2) is 34.3 Å². The van der Waals surface area contributed by atoms with Gasteiger partial charge in [-0.3, -0.25) is 9.80 Å². The highest BCUT2D eigenvalue weighted by atomic mass is 19.1. The molecule has 0 saturated heterocycles. The fourth-order valence-corrected chi connectivity index (χ4v) is 3.49. The number of fused-ring (bicyclic) bond motifs is 1. The van der Waals surface area contributed by atoms with Gasteiger partial charge in [-0.1, -0.05) is 0 Å². The molecule has 0 bridgehead atoms. The van der Waals surface area contributed by atoms with Crippen molar-refractivity contribution in [1.29, 1.82) is 0 Å². The number of carbonyl (C=O) groups excluding carboxylic acids is 1. The molecular weight excluding hydrogens is 410 g/mol. The fraction of sp³-hybridized carbons (Fsp3) is 0.300. The summed E-state index contributed by atoms with van der Waals surface area (Å²) in [6.45, 7) is 1.94. The molecule has 1 atom stereocenters. The van der Waals surface area contributed by atoms with E-state index in [9.17, 15) is 13.6 Å². The highest BCUT2D eigenvalue weighted by Crippen LogP contribution is 2.34. The number of guanidine groups is 2. The highest BCUT2D eigenvalue weighted by Gasteiger charge is 2.40. The van der Waals surface area contributed by atoms with E-state index in [4.69, 9.17) is 9.47 Å². The molecule has 1 unspecified atom stereocenters. The number of amides is 2. The Balaban J connectivity index is 1.75. The van der Waals surface area contributed by atoms with Crippen molar-refractivity contribution in [2.24, 2.45) is 9.98 Å². The van der Waals surface area contributed by atoms with Crippen LogP contribution < -0.4 is 14.8 Å². The summed E-state index contributed by atoms with van der Waals surface area (Å²) in [5.41, 5.74) is 1.46. The van der Waals surface area contributed by atoms with E-state index < -0.39 is 23.7 Å². The van der Waals surface area contributed by atoms with E-state index in [2.05, 4.69) is 20.3 Å². The van der Waals surface area contributed by atoms with Crippen LogP contribution in [0.5, 0.6) is 11.6 Å². The minimum absolute atomic E-state index is 0.158. The number of hydrogen-bond acceptors (Lipinski definition) is 7. The molecule has 4 rings (SSSR count). The molecule has 0 fully saturated rings. The van der Waals surface area contributed by atoms with Crippen LogP contribution in [0.25, 0.3) is 0 Å². The normalized spacial score (nSPS) is 17.9. The maximum Gasteiger partial charge on any atom is 0.353 e. The molecule has 1 aromatic heterocycles. The second kappa shape index (κ2) is 7.82. The first kappa shape index (κ1) is 20.5. The SMILES string of the molecule is COc1cc(NC2=NC(=O)N(C)C3=NCC(c4cc(F)cc(F)c4)N23)c(C)nc1OC. The Morgan fingerprint density at radius 1 is 1.13 bits per heavy atom. The third-order valence-corrected chi connectivity index (χ3v) is 5.02. The van der Waals surface area contributed by atoms with Crippen molar-refractivity contribution in [3.8, 4) is 11.6 Å². The molecule has 0 spiro atoms. The zero-order valence-corrected chi connectivity index (χ0v) is 17.3. The summed E-state index contributed by atoms with van der Waals surface area (Å²) in [6, 6.07) is 3.85. The van der Waals surface area contributed by atoms with Crippen LogP contribution in [0, 0.1) is 18.6 Å². The molecule has 9 nitrogen and oxygen atoms in total. The van der Waals surface area contributed by atoms with Gasteiger partial charge in [0.05, 0.1) is 38.2 Å². The van der Waals surface area contributed by atoms with E-state index >= 15 is 0 Å². The van der Waals surface area contributed by atoms with Gasteiger partial charge in [-0.05, 0) is 24.6 Å². The lowest BCUT2D eigenvalue weighted by molar-refractivity contribution is 0.230. The third-order valence-electron chi connectivity index (χ3n) is 5.02. The van der Waals surface area contributed by atoms with Crippen molar-refractivity contribution >= 4 is 23.6 Å². The Morgan fingerprint density at radius 3 is 2.48 bits per heavy atom. The van der Waals surface area contributed by atoms with E-state index in [1.165, 1.54) is 38.3 Å². The average molecular weight is 430 g/mol. The maximum atomic E-state index is 13.9. The number of rotatable bonds is 4. The molecular formula is C20H20F2N6O3. The number of anilines is 1. The monoisotopic (exact) mass is 430 g/mol. The van der Waals surface area contributed by atoms with Crippen LogP contribution in [0.2, 0.25) is 0 Å². The fourth-order valence-electron chi connectivity index (χ4n) is 3.49. The number of urea groups is 1. The molecule has 2 aliphatic rings. The van der Waals surface area contributed by atoms with Gasteiger partial charge in [0.2, 0.25) is 11.9 Å². The van der Waals surface area contributed by atoms with Gasteiger partial charge in [-0.25, -0.2) is 23.6 Å². The minimum atomic E-state index is -0.698. The predicted molar refractivity (Wildman–Crippen MR) is 110 cm³/mol. The number of pyridine rings is 1. The molecule has 162 valence electrons. The molecule has 0 radical (unpaired) electrons. The average Bonchev–Trinajstić information content (AvgIpc) is 3.18. The standard InChI is InChI=1S/C20H20F2N6O3/c1-10-14(8-16(30-3)17(24-10)31-4)25-18-26-20(29)27(2)19-23-9-15(28(18)19)11-5-12(21)7-13(22)6-11/h5-8,15H,9H2,1-4H3,(H,25,26,29). The zero-order valence-electron chi connectivity index (χ0n) is 17.3. The minimum Gasteiger partial charge on any atom is -0.491 e. The number of carbonyl (C=O) groups is 1. The first-order chi connectivity index (χ1) is 14.8. The topological polar surface area (TPSA) is 91.6 Å². The van der Waals surface area contributed by atoms with Crippen molar-refractivity contribution in [1.82, 2.24) is 14.8 Å². The van der Waals surface area contributed by atoms with E-state index in [-0.39, 0.29) is 12.5 Å². The Hall–Kier alpha value is -3.76. The van der Waals surface area contributed by atoms with Gasteiger partial charge in [0.1, 0.15) is 11.6 Å². The molecule has 2 aromatic rings. The molecule has 3 heterocycles. The number of aliphatic imine (C=N–C) groups is 2. The first-order valence-electron chi connectivity index (χ1n) is 9.35. The zero-order chi connectivity index (χ0) is 22.3. The molecule has 31 heavy (non-hydrogen) atoms. The number of benzene rings is 1. The van der Waals surface area contributed by atoms with Crippen molar-refractivity contribution in [3.05, 3.63) is 47.2 Å². The Morgan fingerprint density at radius 2 is 1.84 bits per heavy atom. The summed E-state index contributed by atoms with van der Waals surface area (Å²) >= 11 is 0. The summed E-state index contributed by atoms with van der Waals surface area (Å²) in [7, 11) is 4.49. The molecule has 1 N–H and O–H groups in total. The Bertz CT molecular complexity index is 1100. The van der Waals surface area contributed by atoms with Gasteiger partial charge in [-0.15, -0.1) is 0 Å². The molecule has 11 heteroatoms. The lowest BCUT2D eigenvalue weighted by atomic mass is 10.1. The van der Waals surface area contributed by atoms with Crippen LogP contribution in [0.4, 0.5) is 19.3 Å². The summed E-state index contributed by atoms with van der Waals surface area (Å²) in [6.07, 6.45) is 0. The van der Waals surface area contributed by atoms with Gasteiger partial charge < -0.3 is 14.8 Å². The highest BCUT2D eigenvalue weighted by molar-refractivity contribution is 6.17. The van der Waals surface area contributed by atoms with Crippen LogP contribution >= 0.6 is 0 Å². The Labute approximate surface area is 177 Å². The predicted octanol–water partition coefficient (Wildman–Crippen LogP) is 2.93. The largest absolute Gasteiger partial charge is 0.491 e. The number of nitrogens with one attached hydrogen (secondary N) is 1. The maximum absolute atomic E-state index is 13.9. The van der Waals surface area contributed by atoms with Crippen LogP contribution in [-0.4, -0.2) is 60.5 Å². The smallest absolute Gasteiger partial charge is 0.353 e. The number of halogens is 2. The van der Waals surface area contributed by atoms with Gasteiger partial charge in [0.25, 0.3) is 5.88 Å². The molecule has 2 amide bonds. The van der Waals surface area contributed by atoms with Crippen molar-refractivity contribution in [3.63, 3.8) is 0 Å². The van der Waals surface area contributed by atoms with Crippen LogP contribution in [0.1, 0.15) is 17.3 Å². The summed E-state index contributed by atoms with van der Waals surface area (Å²) in [4.78, 5) is 28.2. The summed E-state index contributed by atoms with van der Waals surface area (Å²) < 4.78 is 38.2. The van der Waals surface area contributed by atoms with Gasteiger partial charge in [-0.2, -0.15) is 4.99 Å². The molecule has 1 aromatic carbocycles. The Kier molecular flexibility index (Phi) is 5.17.